The Hall–Kier alpha value is -0.820. The minimum Gasteiger partial charge on any atom is -0.382 e. The van der Waals surface area contributed by atoms with Gasteiger partial charge in [-0.25, -0.2) is 8.42 Å². The number of sulfone groups is 1. The van der Waals surface area contributed by atoms with Crippen LogP contribution in [0.2, 0.25) is 0 Å². The van der Waals surface area contributed by atoms with Crippen molar-refractivity contribution in [2.45, 2.75) is 50.0 Å². The van der Waals surface area contributed by atoms with Crippen LogP contribution in [0.25, 0.3) is 0 Å². The zero-order chi connectivity index (χ0) is 14.0. The van der Waals surface area contributed by atoms with Gasteiger partial charge >= 0.3 is 0 Å². The van der Waals surface area contributed by atoms with Gasteiger partial charge in [-0.05, 0) is 43.1 Å². The number of nitrogen functional groups attached to an aromatic ring is 1. The number of hydrogen-bond donors (Lipinski definition) is 2. The van der Waals surface area contributed by atoms with Gasteiger partial charge in [0.2, 0.25) is 0 Å². The van der Waals surface area contributed by atoms with Crippen LogP contribution in [-0.2, 0) is 9.84 Å². The molecule has 0 atom stereocenters. The molecule has 0 spiro atoms. The summed E-state index contributed by atoms with van der Waals surface area (Å²) in [6.07, 6.45) is 6.98. The Labute approximate surface area is 118 Å². The number of rotatable bonds is 4. The maximum Gasteiger partial charge on any atom is 0.182 e. The first-order valence-electron chi connectivity index (χ1n) is 6.63. The van der Waals surface area contributed by atoms with Gasteiger partial charge in [0.05, 0.1) is 0 Å². The number of nitrogens with one attached hydrogen (secondary N) is 1. The molecule has 0 saturated heterocycles. The van der Waals surface area contributed by atoms with E-state index in [0.29, 0.717) is 11.0 Å². The van der Waals surface area contributed by atoms with Crippen molar-refractivity contribution in [3.63, 3.8) is 0 Å². The summed E-state index contributed by atoms with van der Waals surface area (Å²) in [5.74, 6) is 0.927. The van der Waals surface area contributed by atoms with Crippen LogP contribution in [-0.4, -0.2) is 25.1 Å². The highest BCUT2D eigenvalue weighted by Crippen LogP contribution is 2.35. The van der Waals surface area contributed by atoms with E-state index in [1.807, 2.05) is 0 Å². The molecule has 1 aromatic rings. The fourth-order valence-electron chi connectivity index (χ4n) is 2.64. The van der Waals surface area contributed by atoms with Crippen LogP contribution < -0.4 is 11.1 Å². The van der Waals surface area contributed by atoms with E-state index in [1.54, 1.807) is 0 Å². The summed E-state index contributed by atoms with van der Waals surface area (Å²) < 4.78 is 27.4. The summed E-state index contributed by atoms with van der Waals surface area (Å²) in [7, 11) is -3.33. The van der Waals surface area contributed by atoms with Crippen molar-refractivity contribution in [2.75, 3.05) is 17.3 Å². The predicted molar refractivity (Wildman–Crippen MR) is 79.3 cm³/mol. The van der Waals surface area contributed by atoms with Crippen LogP contribution in [0.15, 0.2) is 4.90 Å². The molecule has 1 saturated carbocycles. The maximum absolute atomic E-state index is 11.7. The zero-order valence-electron chi connectivity index (χ0n) is 11.3. The molecule has 1 aromatic heterocycles. The van der Waals surface area contributed by atoms with Gasteiger partial charge in [0.15, 0.2) is 15.7 Å². The minimum atomic E-state index is -3.33. The van der Waals surface area contributed by atoms with Crippen LogP contribution in [0, 0.1) is 5.92 Å². The lowest BCUT2D eigenvalue weighted by Crippen LogP contribution is -2.26. The van der Waals surface area contributed by atoms with Gasteiger partial charge in [-0.3, -0.25) is 0 Å². The minimum absolute atomic E-state index is 0.109. The molecule has 108 valence electrons. The van der Waals surface area contributed by atoms with E-state index in [0.717, 1.165) is 30.3 Å². The van der Waals surface area contributed by atoms with Crippen molar-refractivity contribution < 1.29 is 8.42 Å². The molecule has 2 rings (SSSR count). The van der Waals surface area contributed by atoms with Crippen LogP contribution in [0.4, 0.5) is 10.8 Å². The van der Waals surface area contributed by atoms with Gasteiger partial charge in [-0.2, -0.15) is 4.37 Å². The Morgan fingerprint density at radius 1 is 1.37 bits per heavy atom. The Kier molecular flexibility index (Phi) is 4.35. The first-order valence-corrected chi connectivity index (χ1v) is 9.30. The molecule has 1 fully saturated rings. The number of aromatic nitrogens is 1. The molecule has 3 N–H and O–H groups in total. The first-order chi connectivity index (χ1) is 8.91. The van der Waals surface area contributed by atoms with Gasteiger partial charge < -0.3 is 11.1 Å². The predicted octanol–water partition coefficient (Wildman–Crippen LogP) is 2.51. The number of anilines is 2. The van der Waals surface area contributed by atoms with E-state index in [-0.39, 0.29) is 10.7 Å². The molecule has 0 unspecified atom stereocenters. The molecule has 0 radical (unpaired) electrons. The van der Waals surface area contributed by atoms with E-state index in [4.69, 9.17) is 5.73 Å². The highest BCUT2D eigenvalue weighted by molar-refractivity contribution is 7.91. The van der Waals surface area contributed by atoms with Crippen LogP contribution in [0.1, 0.15) is 39.0 Å². The molecule has 1 aliphatic rings. The molecule has 0 amide bonds. The quantitative estimate of drug-likeness (QED) is 0.892. The third kappa shape index (κ3) is 3.39. The van der Waals surface area contributed by atoms with Crippen molar-refractivity contribution in [1.82, 2.24) is 4.37 Å². The molecule has 0 aliphatic heterocycles. The normalized spacial score (nSPS) is 24.3. The standard InChI is InChI=1S/C12H21N3O2S2/c1-3-8-4-6-9(7-5-8)14-12-10(19(2,16)17)11(13)15-18-12/h8-9,14H,3-7H2,1-2H3,(H2,13,15). The van der Waals surface area contributed by atoms with Crippen LogP contribution in [0.5, 0.6) is 0 Å². The molecule has 7 heteroatoms. The third-order valence-electron chi connectivity index (χ3n) is 3.80. The highest BCUT2D eigenvalue weighted by atomic mass is 32.2. The summed E-state index contributed by atoms with van der Waals surface area (Å²) in [6, 6.07) is 0.336. The van der Waals surface area contributed by atoms with Gasteiger partial charge in [-0.15, -0.1) is 0 Å². The zero-order valence-corrected chi connectivity index (χ0v) is 13.0. The Morgan fingerprint density at radius 2 is 2.00 bits per heavy atom. The third-order valence-corrected chi connectivity index (χ3v) is 5.88. The smallest absolute Gasteiger partial charge is 0.182 e. The summed E-state index contributed by atoms with van der Waals surface area (Å²) in [5.41, 5.74) is 5.66. The van der Waals surface area contributed by atoms with Crippen molar-refractivity contribution in [3.05, 3.63) is 0 Å². The average Bonchev–Trinajstić information content (AvgIpc) is 2.71. The number of nitrogens with two attached hydrogens (primary N) is 1. The van der Waals surface area contributed by atoms with Gasteiger partial charge in [0, 0.05) is 12.3 Å². The Morgan fingerprint density at radius 3 is 2.53 bits per heavy atom. The lowest BCUT2D eigenvalue weighted by atomic mass is 9.84. The topological polar surface area (TPSA) is 85.1 Å². The van der Waals surface area contributed by atoms with Gasteiger partial charge in [0.1, 0.15) is 9.90 Å². The molecular weight excluding hydrogens is 282 g/mol. The first kappa shape index (κ1) is 14.6. The number of hydrogen-bond acceptors (Lipinski definition) is 6. The van der Waals surface area contributed by atoms with E-state index < -0.39 is 9.84 Å². The van der Waals surface area contributed by atoms with Crippen molar-refractivity contribution >= 4 is 32.2 Å². The van der Waals surface area contributed by atoms with E-state index in [1.165, 1.54) is 25.5 Å². The summed E-state index contributed by atoms with van der Waals surface area (Å²) in [6.45, 7) is 2.23. The Bertz CT molecular complexity index is 531. The fraction of sp³-hybridized carbons (Fsp3) is 0.750. The Balaban J connectivity index is 2.09. The fourth-order valence-corrected chi connectivity index (χ4v) is 4.78. The largest absolute Gasteiger partial charge is 0.382 e. The molecule has 1 aliphatic carbocycles. The second-order valence-corrected chi connectivity index (χ2v) is 7.99. The van der Waals surface area contributed by atoms with Crippen LogP contribution >= 0.6 is 11.5 Å². The molecule has 19 heavy (non-hydrogen) atoms. The van der Waals surface area contributed by atoms with E-state index in [9.17, 15) is 8.42 Å². The van der Waals surface area contributed by atoms with E-state index in [2.05, 4.69) is 16.6 Å². The second-order valence-electron chi connectivity index (χ2n) is 5.27. The SMILES string of the molecule is CCC1CCC(Nc2snc(N)c2S(C)(=O)=O)CC1. The number of nitrogens with zero attached hydrogens (tertiary/aromatic N) is 1. The lowest BCUT2D eigenvalue weighted by molar-refractivity contribution is 0.330. The molecule has 1 heterocycles. The molecule has 0 bridgehead atoms. The van der Waals surface area contributed by atoms with Gasteiger partial charge in [-0.1, -0.05) is 13.3 Å². The van der Waals surface area contributed by atoms with E-state index >= 15 is 0 Å². The molecular formula is C12H21N3O2S2. The van der Waals surface area contributed by atoms with Crippen molar-refractivity contribution in [3.8, 4) is 0 Å². The van der Waals surface area contributed by atoms with Gasteiger partial charge in [0.25, 0.3) is 0 Å². The lowest BCUT2D eigenvalue weighted by Gasteiger charge is -2.28. The molecule has 0 aromatic carbocycles. The highest BCUT2D eigenvalue weighted by Gasteiger charge is 2.25. The monoisotopic (exact) mass is 303 g/mol. The summed E-state index contributed by atoms with van der Waals surface area (Å²) in [4.78, 5) is 0.162. The van der Waals surface area contributed by atoms with Crippen molar-refractivity contribution in [2.24, 2.45) is 5.92 Å². The second kappa shape index (κ2) is 5.66. The maximum atomic E-state index is 11.7. The average molecular weight is 303 g/mol. The van der Waals surface area contributed by atoms with Crippen LogP contribution in [0.3, 0.4) is 0 Å². The summed E-state index contributed by atoms with van der Waals surface area (Å²) in [5, 5.41) is 3.92. The molecule has 5 nitrogen and oxygen atoms in total. The van der Waals surface area contributed by atoms with Crippen molar-refractivity contribution in [1.29, 1.82) is 0 Å². The summed E-state index contributed by atoms with van der Waals surface area (Å²) >= 11 is 1.14.